The van der Waals surface area contributed by atoms with E-state index in [0.717, 1.165) is 16.8 Å². The van der Waals surface area contributed by atoms with E-state index in [4.69, 9.17) is 21.7 Å². The lowest BCUT2D eigenvalue weighted by Crippen LogP contribution is -2.27. The van der Waals surface area contributed by atoms with Gasteiger partial charge in [-0.05, 0) is 37.3 Å². The van der Waals surface area contributed by atoms with E-state index in [9.17, 15) is 4.79 Å². The Morgan fingerprint density at radius 3 is 2.44 bits per heavy atom. The molecule has 0 unspecified atom stereocenters. The molecule has 2 aromatic carbocycles. The number of amides is 1. The Labute approximate surface area is 156 Å². The molecule has 128 valence electrons. The molecular weight excluding hydrogens is 354 g/mol. The van der Waals surface area contributed by atoms with E-state index in [1.54, 1.807) is 31.3 Å². The average Bonchev–Trinajstić information content (AvgIpc) is 2.90. The van der Waals surface area contributed by atoms with E-state index < -0.39 is 0 Å². The first-order valence-electron chi connectivity index (χ1n) is 7.60. The van der Waals surface area contributed by atoms with E-state index in [1.165, 1.54) is 11.8 Å². The molecule has 1 saturated heterocycles. The fourth-order valence-electron chi connectivity index (χ4n) is 2.46. The van der Waals surface area contributed by atoms with Crippen LogP contribution in [-0.4, -0.2) is 24.4 Å². The summed E-state index contributed by atoms with van der Waals surface area (Å²) in [6.07, 6.45) is 1.80. The molecule has 25 heavy (non-hydrogen) atoms. The van der Waals surface area contributed by atoms with Crippen LogP contribution in [-0.2, 0) is 4.79 Å². The molecule has 1 heterocycles. The van der Waals surface area contributed by atoms with E-state index >= 15 is 0 Å². The highest BCUT2D eigenvalue weighted by atomic mass is 32.2. The summed E-state index contributed by atoms with van der Waals surface area (Å²) in [5.74, 6) is 1.21. The summed E-state index contributed by atoms with van der Waals surface area (Å²) in [6.45, 7) is 2.00. The lowest BCUT2D eigenvalue weighted by atomic mass is 10.1. The van der Waals surface area contributed by atoms with Crippen molar-refractivity contribution in [3.8, 4) is 11.5 Å². The highest BCUT2D eigenvalue weighted by Crippen LogP contribution is 2.37. The zero-order chi connectivity index (χ0) is 18.0. The van der Waals surface area contributed by atoms with Gasteiger partial charge in [-0.1, -0.05) is 41.7 Å². The molecule has 1 fully saturated rings. The van der Waals surface area contributed by atoms with Gasteiger partial charge in [0.25, 0.3) is 5.91 Å². The van der Waals surface area contributed by atoms with E-state index in [2.05, 4.69) is 0 Å². The van der Waals surface area contributed by atoms with Crippen molar-refractivity contribution in [3.05, 3.63) is 58.5 Å². The van der Waals surface area contributed by atoms with Gasteiger partial charge in [-0.25, -0.2) is 0 Å². The number of hydrogen-bond donors (Lipinski definition) is 0. The third kappa shape index (κ3) is 3.55. The molecule has 0 radical (unpaired) electrons. The lowest BCUT2D eigenvalue weighted by Gasteiger charge is -2.14. The summed E-state index contributed by atoms with van der Waals surface area (Å²) in [6, 6.07) is 13.2. The third-order valence-corrected chi connectivity index (χ3v) is 5.12. The first-order chi connectivity index (χ1) is 12.0. The van der Waals surface area contributed by atoms with Gasteiger partial charge in [0.05, 0.1) is 24.8 Å². The lowest BCUT2D eigenvalue weighted by molar-refractivity contribution is -0.113. The quantitative estimate of drug-likeness (QED) is 0.588. The topological polar surface area (TPSA) is 38.8 Å². The Balaban J connectivity index is 1.94. The summed E-state index contributed by atoms with van der Waals surface area (Å²) in [4.78, 5) is 14.9. The molecule has 1 aliphatic rings. The highest BCUT2D eigenvalue weighted by molar-refractivity contribution is 8.27. The number of thiocarbonyl (C=S) groups is 1. The van der Waals surface area contributed by atoms with Crippen molar-refractivity contribution in [2.24, 2.45) is 0 Å². The Kier molecular flexibility index (Phi) is 5.11. The van der Waals surface area contributed by atoms with Crippen molar-refractivity contribution in [2.75, 3.05) is 19.1 Å². The fraction of sp³-hybridized carbons (Fsp3) is 0.158. The van der Waals surface area contributed by atoms with Gasteiger partial charge < -0.3 is 9.47 Å². The van der Waals surface area contributed by atoms with Gasteiger partial charge >= 0.3 is 0 Å². The molecular formula is C19H17NO3S2. The standard InChI is InChI=1S/C19H17NO3S2/c1-12-4-7-14(8-5-12)20-18(21)17(25-19(20)24)10-13-6-9-15(22-2)11-16(13)23-3/h4-11H,1-3H3/b17-10-. The number of rotatable bonds is 4. The van der Waals surface area contributed by atoms with Crippen LogP contribution < -0.4 is 14.4 Å². The van der Waals surface area contributed by atoms with Crippen LogP contribution in [0.5, 0.6) is 11.5 Å². The molecule has 3 rings (SSSR count). The zero-order valence-electron chi connectivity index (χ0n) is 14.1. The molecule has 4 nitrogen and oxygen atoms in total. The fourth-order valence-corrected chi connectivity index (χ4v) is 3.75. The monoisotopic (exact) mass is 371 g/mol. The maximum absolute atomic E-state index is 12.8. The number of hydrogen-bond acceptors (Lipinski definition) is 5. The van der Waals surface area contributed by atoms with Gasteiger partial charge in [0.2, 0.25) is 0 Å². The molecule has 6 heteroatoms. The third-order valence-electron chi connectivity index (χ3n) is 3.81. The van der Waals surface area contributed by atoms with Crippen LogP contribution in [0.3, 0.4) is 0 Å². The molecule has 0 aromatic heterocycles. The second-order valence-electron chi connectivity index (χ2n) is 5.46. The smallest absolute Gasteiger partial charge is 0.270 e. The van der Waals surface area contributed by atoms with Crippen molar-refractivity contribution in [3.63, 3.8) is 0 Å². The van der Waals surface area contributed by atoms with Crippen LogP contribution in [0.4, 0.5) is 5.69 Å². The second-order valence-corrected chi connectivity index (χ2v) is 7.14. The van der Waals surface area contributed by atoms with Crippen LogP contribution in [0.1, 0.15) is 11.1 Å². The van der Waals surface area contributed by atoms with E-state index in [1.807, 2.05) is 43.3 Å². The molecule has 0 N–H and O–H groups in total. The molecule has 0 saturated carbocycles. The molecule has 0 atom stereocenters. The van der Waals surface area contributed by atoms with Gasteiger partial charge in [-0.15, -0.1) is 0 Å². The number of nitrogens with zero attached hydrogens (tertiary/aromatic N) is 1. The van der Waals surface area contributed by atoms with Gasteiger partial charge in [0.1, 0.15) is 11.5 Å². The van der Waals surface area contributed by atoms with Crippen LogP contribution in [0.15, 0.2) is 47.4 Å². The van der Waals surface area contributed by atoms with Crippen LogP contribution in [0.2, 0.25) is 0 Å². The summed E-state index contributed by atoms with van der Waals surface area (Å²) >= 11 is 6.69. The predicted octanol–water partition coefficient (Wildman–Crippen LogP) is 4.42. The largest absolute Gasteiger partial charge is 0.497 e. The summed E-state index contributed by atoms with van der Waals surface area (Å²) < 4.78 is 11.1. The van der Waals surface area contributed by atoms with Crippen LogP contribution in [0.25, 0.3) is 6.08 Å². The SMILES string of the molecule is COc1ccc(/C=C2\SC(=S)N(c3ccc(C)cc3)C2=O)c(OC)c1. The normalized spacial score (nSPS) is 15.8. The predicted molar refractivity (Wildman–Crippen MR) is 106 cm³/mol. The number of ether oxygens (including phenoxy) is 2. The van der Waals surface area contributed by atoms with Crippen LogP contribution in [0, 0.1) is 6.92 Å². The number of anilines is 1. The number of methoxy groups -OCH3 is 2. The molecule has 0 bridgehead atoms. The van der Waals surface area contributed by atoms with Crippen molar-refractivity contribution in [1.29, 1.82) is 0 Å². The number of carbonyl (C=O) groups excluding carboxylic acids is 1. The van der Waals surface area contributed by atoms with Gasteiger partial charge in [-0.3, -0.25) is 9.69 Å². The first-order valence-corrected chi connectivity index (χ1v) is 8.82. The molecule has 0 spiro atoms. The Morgan fingerprint density at radius 1 is 1.08 bits per heavy atom. The molecule has 0 aliphatic carbocycles. The summed E-state index contributed by atoms with van der Waals surface area (Å²) in [5, 5.41) is 0. The minimum Gasteiger partial charge on any atom is -0.497 e. The number of aryl methyl sites for hydroxylation is 1. The Hall–Kier alpha value is -2.31. The maximum atomic E-state index is 12.8. The minimum atomic E-state index is -0.128. The molecule has 1 aliphatic heterocycles. The minimum absolute atomic E-state index is 0.128. The van der Waals surface area contributed by atoms with Crippen LogP contribution >= 0.6 is 24.0 Å². The van der Waals surface area contributed by atoms with Crippen molar-refractivity contribution in [2.45, 2.75) is 6.92 Å². The second kappa shape index (κ2) is 7.29. The van der Waals surface area contributed by atoms with E-state index in [-0.39, 0.29) is 5.91 Å². The first kappa shape index (κ1) is 17.5. The van der Waals surface area contributed by atoms with Gasteiger partial charge in [-0.2, -0.15) is 0 Å². The molecule has 2 aromatic rings. The van der Waals surface area contributed by atoms with E-state index in [0.29, 0.717) is 20.7 Å². The summed E-state index contributed by atoms with van der Waals surface area (Å²) in [7, 11) is 3.19. The zero-order valence-corrected chi connectivity index (χ0v) is 15.7. The van der Waals surface area contributed by atoms with Crippen molar-refractivity contribution < 1.29 is 14.3 Å². The number of carbonyl (C=O) groups is 1. The summed E-state index contributed by atoms with van der Waals surface area (Å²) in [5.41, 5.74) is 2.71. The van der Waals surface area contributed by atoms with Crippen molar-refractivity contribution >= 4 is 46.0 Å². The Bertz CT molecular complexity index is 859. The number of benzene rings is 2. The number of thioether (sulfide) groups is 1. The van der Waals surface area contributed by atoms with Crippen molar-refractivity contribution in [1.82, 2.24) is 0 Å². The molecule has 1 amide bonds. The maximum Gasteiger partial charge on any atom is 0.270 e. The highest BCUT2D eigenvalue weighted by Gasteiger charge is 2.33. The van der Waals surface area contributed by atoms with Gasteiger partial charge in [0.15, 0.2) is 4.32 Å². The van der Waals surface area contributed by atoms with Gasteiger partial charge in [0, 0.05) is 11.6 Å². The Morgan fingerprint density at radius 2 is 1.80 bits per heavy atom. The average molecular weight is 371 g/mol.